The Kier molecular flexibility index (Phi) is 8.47. The van der Waals surface area contributed by atoms with Gasteiger partial charge in [0, 0.05) is 43.8 Å². The average Bonchev–Trinajstić information content (AvgIpc) is 3.81. The molecule has 0 aliphatic carbocycles. The van der Waals surface area contributed by atoms with Crippen molar-refractivity contribution in [2.24, 2.45) is 0 Å². The third-order valence-corrected chi connectivity index (χ3v) is 11.0. The van der Waals surface area contributed by atoms with Gasteiger partial charge in [-0.05, 0) is 81.8 Å². The maximum Gasteiger partial charge on any atom is 2.00 e. The smallest absolute Gasteiger partial charge is 0.331 e. The number of para-hydroxylation sites is 4. The number of pyridine rings is 2. The summed E-state index contributed by atoms with van der Waals surface area (Å²) < 4.78 is 90.6. The molecule has 8 aromatic rings. The Hall–Kier alpha value is -5.87. The second-order valence-corrected chi connectivity index (χ2v) is 17.0. The van der Waals surface area contributed by atoms with E-state index < -0.39 is 36.3 Å². The van der Waals surface area contributed by atoms with Crippen LogP contribution in [0, 0.1) is 25.8 Å². The molecule has 4 heterocycles. The zero-order valence-electron chi connectivity index (χ0n) is 39.9. The fraction of sp³-hybridized carbons (Fsp3) is 0.212. The zero-order valence-corrected chi connectivity index (χ0v) is 36.2. The van der Waals surface area contributed by atoms with Crippen molar-refractivity contribution in [2.45, 2.75) is 72.0 Å². The topological polar surface area (TPSA) is 36.7 Å². The minimum atomic E-state index is -3.69. The molecule has 0 unspecified atom stereocenters. The van der Waals surface area contributed by atoms with Gasteiger partial charge in [0.1, 0.15) is 11.5 Å². The number of hydrogen-bond acceptors (Lipinski definition) is 2. The van der Waals surface area contributed by atoms with Gasteiger partial charge in [0.2, 0.25) is 5.69 Å². The summed E-state index contributed by atoms with van der Waals surface area (Å²) in [7, 11) is 0. The zero-order chi connectivity index (χ0) is 46.4. The predicted molar refractivity (Wildman–Crippen MR) is 237 cm³/mol. The van der Waals surface area contributed by atoms with Gasteiger partial charge in [0.05, 0.1) is 5.56 Å². The van der Waals surface area contributed by atoms with Crippen LogP contribution >= 0.6 is 0 Å². The molecule has 3 aromatic heterocycles. The molecule has 5 aromatic carbocycles. The van der Waals surface area contributed by atoms with E-state index in [-0.39, 0.29) is 48.9 Å². The molecule has 0 radical (unpaired) electrons. The molecule has 9 rings (SSSR count). The van der Waals surface area contributed by atoms with E-state index >= 15 is 8.78 Å². The van der Waals surface area contributed by atoms with E-state index in [2.05, 4.69) is 43.9 Å². The fourth-order valence-electron chi connectivity index (χ4n) is 7.74. The third-order valence-electron chi connectivity index (χ3n) is 11.0. The number of nitrogens with zero attached hydrogens (tertiary/aromatic N) is 5. The van der Waals surface area contributed by atoms with E-state index in [1.165, 1.54) is 30.5 Å². The molecular formula is C52H45F2N5Pt+2. The van der Waals surface area contributed by atoms with Gasteiger partial charge < -0.3 is 4.57 Å². The summed E-state index contributed by atoms with van der Waals surface area (Å²) in [4.78, 5) is 9.09. The van der Waals surface area contributed by atoms with E-state index in [4.69, 9.17) is 13.2 Å². The standard InChI is InChI=1S/C52H45F2N5.Pt/c1-33-16-15-17-34(2)49(33)40-19-10-11-20-42(40)58-32-57(44-22-13-14-23-45(44)58)38-27-36(51(6,7)8)26-37(28-38)52(53,54)47-30-46-41(31-56-47)39-18-9-12-21-43(39)59(46)48-29-35(24-25-55-48)50(3,4)5;/h9-27,29,31H,1-8H3;/q;+2/i1D3,2D3;. The summed E-state index contributed by atoms with van der Waals surface area (Å²) in [5, 5.41) is 1.48. The Morgan fingerprint density at radius 3 is 2.02 bits per heavy atom. The summed E-state index contributed by atoms with van der Waals surface area (Å²) in [6.45, 7) is 6.87. The van der Waals surface area contributed by atoms with E-state index in [0.717, 1.165) is 16.5 Å². The third kappa shape index (κ3) is 6.94. The molecule has 0 saturated heterocycles. The number of aromatic nitrogens is 3. The molecule has 0 amide bonds. The van der Waals surface area contributed by atoms with E-state index in [0.29, 0.717) is 44.9 Å². The maximum atomic E-state index is 17.5. The van der Waals surface area contributed by atoms with Crippen LogP contribution in [0.5, 0.6) is 0 Å². The number of aryl methyl sites for hydroxylation is 2. The van der Waals surface area contributed by atoms with Crippen molar-refractivity contribution in [2.75, 3.05) is 0 Å². The molecular weight excluding hydrogens is 928 g/mol. The van der Waals surface area contributed by atoms with Crippen molar-refractivity contribution in [3.8, 4) is 16.9 Å². The summed E-state index contributed by atoms with van der Waals surface area (Å²) >= 11 is 0. The van der Waals surface area contributed by atoms with E-state index in [9.17, 15) is 0 Å². The first kappa shape index (κ1) is 33.9. The first-order valence-corrected chi connectivity index (χ1v) is 19.5. The van der Waals surface area contributed by atoms with E-state index in [1.807, 2.05) is 92.1 Å². The molecule has 0 saturated carbocycles. The van der Waals surface area contributed by atoms with Gasteiger partial charge in [-0.15, -0.1) is 16.5 Å². The largest absolute Gasteiger partial charge is 2.00 e. The minimum absolute atomic E-state index is 0. The van der Waals surface area contributed by atoms with Crippen LogP contribution in [0.25, 0.3) is 38.8 Å². The number of fused-ring (bicyclic) bond motifs is 4. The molecule has 8 heteroatoms. The molecule has 300 valence electrons. The number of benzene rings is 5. The van der Waals surface area contributed by atoms with E-state index in [1.54, 1.807) is 39.6 Å². The number of hydrogen-bond donors (Lipinski definition) is 0. The molecule has 0 atom stereocenters. The van der Waals surface area contributed by atoms with Crippen LogP contribution in [0.2, 0.25) is 0 Å². The van der Waals surface area contributed by atoms with Gasteiger partial charge in [-0.1, -0.05) is 130 Å². The molecule has 0 fully saturated rings. The quantitative estimate of drug-likeness (QED) is 0.123. The number of halogens is 2. The molecule has 1 aliphatic rings. The second-order valence-electron chi connectivity index (χ2n) is 17.0. The minimum Gasteiger partial charge on any atom is -0.331 e. The predicted octanol–water partition coefficient (Wildman–Crippen LogP) is 13.0. The number of rotatable bonds is 6. The Bertz CT molecular complexity index is 3270. The van der Waals surface area contributed by atoms with Crippen molar-refractivity contribution < 1.29 is 38.1 Å². The normalized spacial score (nSPS) is 14.9. The number of alkyl halides is 2. The van der Waals surface area contributed by atoms with Crippen LogP contribution in [-0.2, 0) is 37.8 Å². The van der Waals surface area contributed by atoms with Gasteiger partial charge in [-0.3, -0.25) is 4.98 Å². The molecule has 60 heavy (non-hydrogen) atoms. The van der Waals surface area contributed by atoms with Crippen molar-refractivity contribution in [3.05, 3.63) is 173 Å². The Labute approximate surface area is 373 Å². The monoisotopic (exact) mass is 978 g/mol. The molecule has 0 spiro atoms. The van der Waals surface area contributed by atoms with Crippen molar-refractivity contribution in [1.82, 2.24) is 23.7 Å². The van der Waals surface area contributed by atoms with Crippen LogP contribution in [-0.4, -0.2) is 20.5 Å². The maximum absolute atomic E-state index is 17.5. The summed E-state index contributed by atoms with van der Waals surface area (Å²) in [5.41, 5.74) is 3.12. The van der Waals surface area contributed by atoms with Gasteiger partial charge in [0.25, 0.3) is 17.3 Å². The Morgan fingerprint density at radius 2 is 1.32 bits per heavy atom. The Balaban J connectivity index is 0.00000592. The van der Waals surface area contributed by atoms with Gasteiger partial charge in [-0.2, -0.15) is 20.9 Å². The van der Waals surface area contributed by atoms with Crippen molar-refractivity contribution in [3.63, 3.8) is 0 Å². The first-order valence-electron chi connectivity index (χ1n) is 22.5. The van der Waals surface area contributed by atoms with Crippen LogP contribution in [0.1, 0.15) is 83.3 Å². The Morgan fingerprint density at radius 1 is 0.667 bits per heavy atom. The van der Waals surface area contributed by atoms with Gasteiger partial charge >= 0.3 is 27.1 Å². The summed E-state index contributed by atoms with van der Waals surface area (Å²) in [6, 6.07) is 42.9. The fourth-order valence-corrected chi connectivity index (χ4v) is 7.74. The van der Waals surface area contributed by atoms with Gasteiger partial charge in [-0.25, -0.2) is 4.98 Å². The summed E-state index contributed by atoms with van der Waals surface area (Å²) in [6.07, 6.45) is 3.21. The van der Waals surface area contributed by atoms with Crippen LogP contribution in [0.15, 0.2) is 128 Å². The second kappa shape index (κ2) is 15.0. The molecule has 5 nitrogen and oxygen atoms in total. The molecule has 0 N–H and O–H groups in total. The molecule has 1 aliphatic heterocycles. The SMILES string of the molecule is [2H]C([2H])([2H])c1cccc(C([2H])([2H])[2H])c1-c1ccccc1[N+]1=C=[N+](c2[c-]c(C(F)(F)c3[c-]c4c(cn3)c3ccccc3n4-c3cc(C(C)(C)C)ccn3)cc(C(C)(C)C)c2)c2ccccc21.[Pt+2]. The van der Waals surface area contributed by atoms with Crippen molar-refractivity contribution in [1.29, 1.82) is 0 Å². The van der Waals surface area contributed by atoms with Gasteiger partial charge in [0.15, 0.2) is 0 Å². The first-order chi connectivity index (χ1) is 30.5. The van der Waals surface area contributed by atoms with Crippen LogP contribution in [0.4, 0.5) is 31.5 Å². The van der Waals surface area contributed by atoms with Crippen molar-refractivity contribution >= 4 is 50.6 Å². The van der Waals surface area contributed by atoms with Crippen LogP contribution in [0.3, 0.4) is 0 Å². The van der Waals surface area contributed by atoms with Crippen LogP contribution < -0.4 is 9.15 Å². The summed E-state index contributed by atoms with van der Waals surface area (Å²) in [5.74, 6) is -3.12. The average molecular weight is 979 g/mol. The molecule has 0 bridgehead atoms.